The molecule has 5 heteroatoms. The Morgan fingerprint density at radius 2 is 1.82 bits per heavy atom. The maximum Gasteiger partial charge on any atom is 0.156 e. The second-order valence-corrected chi connectivity index (χ2v) is 5.69. The molecule has 0 bridgehead atoms. The largest absolute Gasteiger partial charge is 0.496 e. The Labute approximate surface area is 140 Å². The zero-order chi connectivity index (χ0) is 15.9. The van der Waals surface area contributed by atoms with E-state index in [9.17, 15) is 0 Å². The van der Waals surface area contributed by atoms with E-state index in [-0.39, 0.29) is 0 Å². The van der Waals surface area contributed by atoms with Crippen LogP contribution in [0, 0.1) is 0 Å². The molecule has 0 fully saturated rings. The van der Waals surface area contributed by atoms with Crippen LogP contribution in [0.15, 0.2) is 36.4 Å². The van der Waals surface area contributed by atoms with Gasteiger partial charge in [-0.1, -0.05) is 35.3 Å². The van der Waals surface area contributed by atoms with Gasteiger partial charge in [-0.05, 0) is 49.2 Å². The fourth-order valence-electron chi connectivity index (χ4n) is 2.18. The lowest BCUT2D eigenvalue weighted by Crippen LogP contribution is -2.03. The van der Waals surface area contributed by atoms with Gasteiger partial charge in [-0.3, -0.25) is 0 Å². The van der Waals surface area contributed by atoms with Gasteiger partial charge in [0, 0.05) is 5.56 Å². The molecular formula is C17H19Cl2NO2. The van der Waals surface area contributed by atoms with Gasteiger partial charge >= 0.3 is 0 Å². The number of rotatable bonds is 7. The highest BCUT2D eigenvalue weighted by atomic mass is 35.5. The summed E-state index contributed by atoms with van der Waals surface area (Å²) in [7, 11) is 1.64. The molecule has 0 spiro atoms. The van der Waals surface area contributed by atoms with Crippen molar-refractivity contribution in [2.24, 2.45) is 5.73 Å². The highest BCUT2D eigenvalue weighted by Gasteiger charge is 2.10. The van der Waals surface area contributed by atoms with Crippen LogP contribution in [0.25, 0.3) is 0 Å². The van der Waals surface area contributed by atoms with Crippen LogP contribution in [-0.4, -0.2) is 13.7 Å². The molecule has 0 heterocycles. The lowest BCUT2D eigenvalue weighted by molar-refractivity contribution is 0.297. The van der Waals surface area contributed by atoms with Crippen molar-refractivity contribution in [3.63, 3.8) is 0 Å². The van der Waals surface area contributed by atoms with Crippen molar-refractivity contribution in [3.8, 4) is 11.5 Å². The quantitative estimate of drug-likeness (QED) is 0.809. The van der Waals surface area contributed by atoms with Gasteiger partial charge in [0.05, 0.1) is 17.2 Å². The molecule has 0 aromatic heterocycles. The van der Waals surface area contributed by atoms with Gasteiger partial charge in [-0.15, -0.1) is 0 Å². The van der Waals surface area contributed by atoms with Crippen molar-refractivity contribution in [2.45, 2.75) is 19.4 Å². The molecule has 0 unspecified atom stereocenters. The van der Waals surface area contributed by atoms with Crippen LogP contribution < -0.4 is 15.2 Å². The zero-order valence-electron chi connectivity index (χ0n) is 12.4. The normalized spacial score (nSPS) is 10.5. The first kappa shape index (κ1) is 16.9. The molecule has 0 aliphatic carbocycles. The zero-order valence-corrected chi connectivity index (χ0v) is 14.0. The average Bonchev–Trinajstić information content (AvgIpc) is 2.52. The average molecular weight is 340 g/mol. The van der Waals surface area contributed by atoms with Crippen LogP contribution in [0.2, 0.25) is 10.0 Å². The topological polar surface area (TPSA) is 44.5 Å². The van der Waals surface area contributed by atoms with E-state index >= 15 is 0 Å². The molecule has 0 aliphatic rings. The summed E-state index contributed by atoms with van der Waals surface area (Å²) in [5, 5.41) is 0.983. The van der Waals surface area contributed by atoms with Crippen molar-refractivity contribution in [1.82, 2.24) is 0 Å². The van der Waals surface area contributed by atoms with E-state index < -0.39 is 0 Å². The number of aryl methyl sites for hydroxylation is 1. The lowest BCUT2D eigenvalue weighted by atomic mass is 10.1. The van der Waals surface area contributed by atoms with Gasteiger partial charge in [0.1, 0.15) is 12.4 Å². The van der Waals surface area contributed by atoms with Gasteiger partial charge in [0.2, 0.25) is 0 Å². The molecule has 0 saturated carbocycles. The molecule has 2 aromatic carbocycles. The number of nitrogens with two attached hydrogens (primary N) is 1. The highest BCUT2D eigenvalue weighted by molar-refractivity contribution is 6.37. The van der Waals surface area contributed by atoms with E-state index in [1.807, 2.05) is 12.1 Å². The third-order valence-electron chi connectivity index (χ3n) is 3.31. The van der Waals surface area contributed by atoms with E-state index in [1.165, 1.54) is 5.56 Å². The Bertz CT molecular complexity index is 612. The van der Waals surface area contributed by atoms with Crippen LogP contribution in [0.5, 0.6) is 11.5 Å². The standard InChI is InChI=1S/C17H19Cl2NO2/c1-21-16-8-7-12(4-3-9-20)10-13(16)11-22-17-14(18)5-2-6-15(17)19/h2,5-8,10H,3-4,9,11,20H2,1H3. The molecule has 3 nitrogen and oxygen atoms in total. The molecule has 0 atom stereocenters. The van der Waals surface area contributed by atoms with E-state index in [1.54, 1.807) is 25.3 Å². The first-order valence-electron chi connectivity index (χ1n) is 7.08. The predicted molar refractivity (Wildman–Crippen MR) is 91.2 cm³/mol. The second kappa shape index (κ2) is 8.28. The van der Waals surface area contributed by atoms with E-state index in [0.717, 1.165) is 24.2 Å². The number of benzene rings is 2. The third kappa shape index (κ3) is 4.29. The summed E-state index contributed by atoms with van der Waals surface area (Å²) in [4.78, 5) is 0. The lowest BCUT2D eigenvalue weighted by Gasteiger charge is -2.13. The minimum Gasteiger partial charge on any atom is -0.496 e. The maximum atomic E-state index is 6.11. The van der Waals surface area contributed by atoms with Crippen molar-refractivity contribution in [2.75, 3.05) is 13.7 Å². The second-order valence-electron chi connectivity index (χ2n) is 4.88. The number of methoxy groups -OCH3 is 1. The molecule has 2 rings (SSSR count). The van der Waals surface area contributed by atoms with Crippen molar-refractivity contribution in [3.05, 3.63) is 57.6 Å². The molecule has 0 amide bonds. The minimum atomic E-state index is 0.336. The van der Waals surface area contributed by atoms with E-state index in [4.69, 9.17) is 38.4 Å². The number of para-hydroxylation sites is 1. The Hall–Kier alpha value is -1.42. The van der Waals surface area contributed by atoms with Gasteiger partial charge in [-0.25, -0.2) is 0 Å². The van der Waals surface area contributed by atoms with Crippen LogP contribution >= 0.6 is 23.2 Å². The van der Waals surface area contributed by atoms with Crippen LogP contribution in [0.1, 0.15) is 17.5 Å². The van der Waals surface area contributed by atoms with Crippen molar-refractivity contribution in [1.29, 1.82) is 0 Å². The van der Waals surface area contributed by atoms with Gasteiger partial charge < -0.3 is 15.2 Å². The summed E-state index contributed by atoms with van der Waals surface area (Å²) in [6, 6.07) is 11.3. The third-order valence-corrected chi connectivity index (χ3v) is 3.90. The summed E-state index contributed by atoms with van der Waals surface area (Å²) in [5.41, 5.74) is 7.72. The number of ether oxygens (including phenoxy) is 2. The number of hydrogen-bond donors (Lipinski definition) is 1. The fraction of sp³-hybridized carbons (Fsp3) is 0.294. The van der Waals surface area contributed by atoms with Crippen LogP contribution in [0.4, 0.5) is 0 Å². The van der Waals surface area contributed by atoms with Crippen molar-refractivity contribution >= 4 is 23.2 Å². The molecular weight excluding hydrogens is 321 g/mol. The smallest absolute Gasteiger partial charge is 0.156 e. The maximum absolute atomic E-state index is 6.11. The van der Waals surface area contributed by atoms with Gasteiger partial charge in [-0.2, -0.15) is 0 Å². The summed E-state index contributed by atoms with van der Waals surface area (Å²) in [5.74, 6) is 1.26. The van der Waals surface area contributed by atoms with Gasteiger partial charge in [0.25, 0.3) is 0 Å². The Kier molecular flexibility index (Phi) is 6.37. The summed E-state index contributed by atoms with van der Waals surface area (Å²) in [6.07, 6.45) is 1.88. The Morgan fingerprint density at radius 3 is 2.45 bits per heavy atom. The SMILES string of the molecule is COc1ccc(CCCN)cc1COc1c(Cl)cccc1Cl. The van der Waals surface area contributed by atoms with Crippen LogP contribution in [-0.2, 0) is 13.0 Å². The molecule has 0 saturated heterocycles. The first-order chi connectivity index (χ1) is 10.7. The van der Waals surface area contributed by atoms with E-state index in [2.05, 4.69) is 6.07 Å². The first-order valence-corrected chi connectivity index (χ1v) is 7.84. The minimum absolute atomic E-state index is 0.336. The van der Waals surface area contributed by atoms with Crippen molar-refractivity contribution < 1.29 is 9.47 Å². The summed E-state index contributed by atoms with van der Waals surface area (Å²) in [6.45, 7) is 1.01. The van der Waals surface area contributed by atoms with Gasteiger partial charge in [0.15, 0.2) is 5.75 Å². The molecule has 0 radical (unpaired) electrons. The monoisotopic (exact) mass is 339 g/mol. The van der Waals surface area contributed by atoms with Crippen LogP contribution in [0.3, 0.4) is 0 Å². The highest BCUT2D eigenvalue weighted by Crippen LogP contribution is 2.33. The molecule has 2 aromatic rings. The predicted octanol–water partition coefficient (Wildman–Crippen LogP) is 4.47. The van der Waals surface area contributed by atoms with E-state index in [0.29, 0.717) is 28.9 Å². The fourth-order valence-corrected chi connectivity index (χ4v) is 2.68. The molecule has 2 N–H and O–H groups in total. The Balaban J connectivity index is 2.17. The Morgan fingerprint density at radius 1 is 1.09 bits per heavy atom. The number of halogens is 2. The number of hydrogen-bond acceptors (Lipinski definition) is 3. The summed E-state index contributed by atoms with van der Waals surface area (Å²) < 4.78 is 11.2. The summed E-state index contributed by atoms with van der Waals surface area (Å²) >= 11 is 12.2. The molecule has 118 valence electrons. The molecule has 0 aliphatic heterocycles. The molecule has 22 heavy (non-hydrogen) atoms.